The summed E-state index contributed by atoms with van der Waals surface area (Å²) in [6.45, 7) is 7.85. The molecule has 0 unspecified atom stereocenters. The molecule has 0 atom stereocenters. The minimum absolute atomic E-state index is 0. The summed E-state index contributed by atoms with van der Waals surface area (Å²) in [7, 11) is -18.1. The molecule has 362 valence electrons. The number of rotatable bonds is 20. The fraction of sp³-hybridized carbons (Fsp3) is 0.378. The molecule has 3 aromatic carbocycles. The van der Waals surface area contributed by atoms with E-state index in [9.17, 15) is 61.8 Å². The maximum atomic E-state index is 12.1. The van der Waals surface area contributed by atoms with E-state index < -0.39 is 78.6 Å². The van der Waals surface area contributed by atoms with E-state index >= 15 is 0 Å². The van der Waals surface area contributed by atoms with Gasteiger partial charge in [0.1, 0.15) is 39.1 Å². The number of allylic oxidation sites excluding steroid dienone is 4. The molecule has 69 heavy (non-hydrogen) atoms. The number of carbonyl (C=O) groups is 1. The summed E-state index contributed by atoms with van der Waals surface area (Å²) in [4.78, 5) is 12.2. The average molecular weight is 1050 g/mol. The van der Waals surface area contributed by atoms with Gasteiger partial charge in [-0.05, 0) is 111 Å². The molecule has 0 bridgehead atoms. The largest absolute Gasteiger partial charge is 1.00 e. The van der Waals surface area contributed by atoms with Crippen LogP contribution in [0.3, 0.4) is 0 Å². The van der Waals surface area contributed by atoms with E-state index in [4.69, 9.17) is 9.47 Å². The van der Waals surface area contributed by atoms with Gasteiger partial charge in [0.15, 0.2) is 17.2 Å². The number of aryl methyl sites for hydroxylation is 1. The van der Waals surface area contributed by atoms with Crippen molar-refractivity contribution >= 4 is 63.5 Å². The molecule has 0 spiro atoms. The van der Waals surface area contributed by atoms with Gasteiger partial charge < -0.3 is 28.6 Å². The second-order valence-corrected chi connectivity index (χ2v) is 23.3. The quantitative estimate of drug-likeness (QED) is 0.0568. The van der Waals surface area contributed by atoms with Gasteiger partial charge in [-0.3, -0.25) is 13.9 Å². The third-order valence-electron chi connectivity index (χ3n) is 11.9. The fourth-order valence-corrected chi connectivity index (χ4v) is 10.6. The van der Waals surface area contributed by atoms with Crippen LogP contribution in [0.15, 0.2) is 118 Å². The van der Waals surface area contributed by atoms with Gasteiger partial charge in [0.2, 0.25) is 5.69 Å². The van der Waals surface area contributed by atoms with E-state index in [1.54, 1.807) is 48.6 Å². The molecule has 18 nitrogen and oxygen atoms in total. The second kappa shape index (κ2) is 22.7. The van der Waals surface area contributed by atoms with Crippen LogP contribution in [0.5, 0.6) is 5.75 Å². The summed E-state index contributed by atoms with van der Waals surface area (Å²) in [5.74, 6) is -0.987. The summed E-state index contributed by atoms with van der Waals surface area (Å²) < 4.78 is 152. The van der Waals surface area contributed by atoms with Gasteiger partial charge in [-0.25, -0.2) is 16.8 Å². The first-order valence-corrected chi connectivity index (χ1v) is 27.1. The van der Waals surface area contributed by atoms with Crippen LogP contribution in [0.2, 0.25) is 0 Å². The minimum Gasteiger partial charge on any atom is -0.744 e. The molecular weight excluding hydrogens is 999 g/mol. The zero-order valence-corrected chi connectivity index (χ0v) is 46.3. The molecule has 0 aliphatic carbocycles. The molecule has 3 aliphatic rings. The molecule has 0 radical (unpaired) electrons. The Balaban J connectivity index is 0.00000518. The predicted molar refractivity (Wildman–Crippen MR) is 245 cm³/mol. The van der Waals surface area contributed by atoms with E-state index in [0.29, 0.717) is 58.1 Å². The van der Waals surface area contributed by atoms with E-state index in [-0.39, 0.29) is 116 Å². The van der Waals surface area contributed by atoms with Crippen LogP contribution in [0, 0.1) is 0 Å². The third-order valence-corrected chi connectivity index (χ3v) is 15.1. The number of aliphatic carboxylic acids is 1. The monoisotopic (exact) mass is 1050 g/mol. The Bertz CT molecular complexity index is 3090. The standard InChI is InChI=1S/C45H52N2O16S4.2Na/c1-44(2)35-27-33(66(56,57)58)15-17-37(35)46(23-5-7-25-64(50,51)52)40(44)20-12-31-29-62-39(43(31)63-32-13-9-30(10-14-32)11-22-42(48)49)19-21-41-45(3,4)36-28-34(67(59,60)61)16-18-38(36)47(41)24-6-8-26-65(53,54)55;;/h9-10,12-21,27-28H,5-8,11,22-26,29H2,1-4H3,(H4-,48,49,50,51,52,53,54,55,56,57,58,59,60,61);;/q;2*+1/p-1. The molecular formula is C45H51N2Na2O16S4+. The van der Waals surface area contributed by atoms with Crippen LogP contribution in [0.25, 0.3) is 0 Å². The molecule has 0 fully saturated rings. The minimum atomic E-state index is -4.82. The second-order valence-electron chi connectivity index (χ2n) is 17.4. The van der Waals surface area contributed by atoms with Gasteiger partial charge in [0.05, 0.1) is 26.7 Å². The van der Waals surface area contributed by atoms with Crippen molar-refractivity contribution in [1.29, 1.82) is 0 Å². The summed E-state index contributed by atoms with van der Waals surface area (Å²) in [5.41, 5.74) is 2.99. The van der Waals surface area contributed by atoms with Crippen molar-refractivity contribution in [2.75, 3.05) is 36.1 Å². The topological polar surface area (TPSA) is 285 Å². The van der Waals surface area contributed by atoms with E-state index in [2.05, 4.69) is 0 Å². The molecule has 3 aliphatic heterocycles. The number of anilines is 1. The zero-order chi connectivity index (χ0) is 49.3. The van der Waals surface area contributed by atoms with E-state index in [0.717, 1.165) is 5.56 Å². The fourth-order valence-electron chi connectivity index (χ4n) is 8.45. The Labute approximate surface area is 447 Å². The van der Waals surface area contributed by atoms with Crippen molar-refractivity contribution in [3.63, 3.8) is 0 Å². The van der Waals surface area contributed by atoms with Gasteiger partial charge in [0, 0.05) is 59.5 Å². The number of hydrogen-bond acceptors (Lipinski definition) is 14. The summed E-state index contributed by atoms with van der Waals surface area (Å²) >= 11 is 0. The number of unbranched alkanes of at least 4 members (excludes halogenated alkanes) is 2. The van der Waals surface area contributed by atoms with Crippen LogP contribution < -0.4 is 68.8 Å². The number of carboxylic acids is 1. The van der Waals surface area contributed by atoms with Crippen molar-refractivity contribution in [3.05, 3.63) is 124 Å². The van der Waals surface area contributed by atoms with Crippen molar-refractivity contribution in [1.82, 2.24) is 0 Å². The van der Waals surface area contributed by atoms with Crippen LogP contribution in [0.1, 0.15) is 76.5 Å². The number of ether oxygens (including phenoxy) is 2. The van der Waals surface area contributed by atoms with E-state index in [1.807, 2.05) is 37.2 Å². The number of carboxylic acid groups (broad SMARTS) is 1. The maximum Gasteiger partial charge on any atom is 1.00 e. The Hall–Kier alpha value is -3.20. The molecule has 24 heteroatoms. The number of hydrogen-bond donors (Lipinski definition) is 3. The predicted octanol–water partition coefficient (Wildman–Crippen LogP) is -0.283. The first-order chi connectivity index (χ1) is 31.1. The molecule has 3 heterocycles. The molecule has 3 N–H and O–H groups in total. The summed E-state index contributed by atoms with van der Waals surface area (Å²) in [6, 6.07) is 14.9. The van der Waals surface area contributed by atoms with Gasteiger partial charge in [-0.1, -0.05) is 26.0 Å². The Morgan fingerprint density at radius 3 is 1.93 bits per heavy atom. The molecule has 0 amide bonds. The number of benzene rings is 3. The van der Waals surface area contributed by atoms with Crippen LogP contribution in [-0.4, -0.2) is 104 Å². The Morgan fingerprint density at radius 2 is 1.35 bits per heavy atom. The maximum absolute atomic E-state index is 12.1. The molecule has 0 aromatic heterocycles. The zero-order valence-electron chi connectivity index (χ0n) is 39.0. The van der Waals surface area contributed by atoms with Gasteiger partial charge >= 0.3 is 65.1 Å². The van der Waals surface area contributed by atoms with Crippen LogP contribution in [0.4, 0.5) is 11.4 Å². The van der Waals surface area contributed by atoms with Crippen molar-refractivity contribution in [2.24, 2.45) is 0 Å². The van der Waals surface area contributed by atoms with E-state index in [1.165, 1.54) is 36.4 Å². The first kappa shape index (κ1) is 58.4. The number of nitrogens with zero attached hydrogens (tertiary/aromatic N) is 2. The Morgan fingerprint density at radius 1 is 0.768 bits per heavy atom. The smallest absolute Gasteiger partial charge is 0.744 e. The molecule has 0 saturated heterocycles. The van der Waals surface area contributed by atoms with Crippen LogP contribution >= 0.6 is 0 Å². The van der Waals surface area contributed by atoms with Gasteiger partial charge in [-0.2, -0.15) is 21.4 Å². The van der Waals surface area contributed by atoms with Crippen molar-refractivity contribution in [3.8, 4) is 5.75 Å². The third kappa shape index (κ3) is 14.5. The number of fused-ring (bicyclic) bond motifs is 2. The molecule has 3 aromatic rings. The summed E-state index contributed by atoms with van der Waals surface area (Å²) in [6.07, 6.45) is 8.00. The Kier molecular flexibility index (Phi) is 19.2. The van der Waals surface area contributed by atoms with Crippen molar-refractivity contribution in [2.45, 2.75) is 86.8 Å². The normalized spacial score (nSPS) is 17.8. The summed E-state index contributed by atoms with van der Waals surface area (Å²) in [5, 5.41) is 9.18. The first-order valence-electron chi connectivity index (χ1n) is 21.1. The molecule has 0 saturated carbocycles. The van der Waals surface area contributed by atoms with Crippen LogP contribution in [-0.2, 0) is 67.3 Å². The van der Waals surface area contributed by atoms with Gasteiger partial charge in [-0.15, -0.1) is 0 Å². The average Bonchev–Trinajstić information content (AvgIpc) is 3.77. The SMILES string of the molecule is CC1(C)C(/C=C/C2=C(Oc3ccc(CCC(=O)O)cc3)C(=C/C=C3/N(CCCCS(=O)(=O)O)c4ccc(S(=O)(=O)[O-])cc4C3(C)C)/OC2)=[N+](CCCCS(=O)(=O)O)c2ccc(S(=O)(=O)[O-])cc21.[Na+].[Na+]. The van der Waals surface area contributed by atoms with Crippen molar-refractivity contribution < 1.29 is 135 Å². The molecule has 6 rings (SSSR count). The van der Waals surface area contributed by atoms with Gasteiger partial charge in [0.25, 0.3) is 20.2 Å².